The van der Waals surface area contributed by atoms with Crippen molar-refractivity contribution in [3.63, 3.8) is 0 Å². The predicted octanol–water partition coefficient (Wildman–Crippen LogP) is 0.615. The molecule has 0 unspecified atom stereocenters. The summed E-state index contributed by atoms with van der Waals surface area (Å²) in [4.78, 5) is 32.1. The molecular formula is C13H12N4O2. The Bertz CT molecular complexity index is 863. The van der Waals surface area contributed by atoms with Crippen LogP contribution in [0.2, 0.25) is 0 Å². The van der Waals surface area contributed by atoms with Crippen molar-refractivity contribution in [2.24, 2.45) is 7.05 Å². The summed E-state index contributed by atoms with van der Waals surface area (Å²) in [6, 6.07) is 7.49. The standard InChI is InChI=1S/C13H12N4O2/c1-3-17-9-7-5-4-6-8(9)14-10-11(17)15-13(19)16(2)12(10)18/h4-7H,3H2,1-2H3. The van der Waals surface area contributed by atoms with Gasteiger partial charge in [0.1, 0.15) is 0 Å². The zero-order chi connectivity index (χ0) is 13.6. The van der Waals surface area contributed by atoms with Crippen LogP contribution in [0.5, 0.6) is 0 Å². The minimum Gasteiger partial charge on any atom is -0.323 e. The molecule has 6 heteroatoms. The highest BCUT2D eigenvalue weighted by Gasteiger charge is 2.19. The van der Waals surface area contributed by atoms with Gasteiger partial charge in [0.2, 0.25) is 0 Å². The molecule has 19 heavy (non-hydrogen) atoms. The summed E-state index contributed by atoms with van der Waals surface area (Å²) >= 11 is 0. The molecule has 0 N–H and O–H groups in total. The van der Waals surface area contributed by atoms with Gasteiger partial charge >= 0.3 is 5.69 Å². The first-order valence-electron chi connectivity index (χ1n) is 6.00. The molecule has 0 fully saturated rings. The predicted molar refractivity (Wildman–Crippen MR) is 71.3 cm³/mol. The van der Waals surface area contributed by atoms with Crippen molar-refractivity contribution < 1.29 is 0 Å². The van der Waals surface area contributed by atoms with Crippen LogP contribution < -0.4 is 11.2 Å². The van der Waals surface area contributed by atoms with Gasteiger partial charge in [-0.05, 0) is 19.1 Å². The van der Waals surface area contributed by atoms with Gasteiger partial charge in [-0.2, -0.15) is 4.98 Å². The van der Waals surface area contributed by atoms with Gasteiger partial charge in [-0.25, -0.2) is 9.78 Å². The third kappa shape index (κ3) is 1.56. The molecule has 0 radical (unpaired) electrons. The van der Waals surface area contributed by atoms with E-state index in [4.69, 9.17) is 0 Å². The van der Waals surface area contributed by atoms with Crippen LogP contribution in [0, 0.1) is 0 Å². The van der Waals surface area contributed by atoms with Crippen molar-refractivity contribution in [3.05, 3.63) is 45.1 Å². The Labute approximate surface area is 108 Å². The van der Waals surface area contributed by atoms with Crippen molar-refractivity contribution in [1.82, 2.24) is 19.1 Å². The molecule has 1 aromatic rings. The highest BCUT2D eigenvalue weighted by molar-refractivity contribution is 5.79. The fraction of sp³-hybridized carbons (Fsp3) is 0.231. The number of rotatable bonds is 1. The van der Waals surface area contributed by atoms with E-state index in [9.17, 15) is 9.59 Å². The largest absolute Gasteiger partial charge is 0.352 e. The maximum absolute atomic E-state index is 12.1. The lowest BCUT2D eigenvalue weighted by Gasteiger charge is -2.15. The third-order valence-electron chi connectivity index (χ3n) is 3.18. The summed E-state index contributed by atoms with van der Waals surface area (Å²) in [5, 5.41) is 0. The highest BCUT2D eigenvalue weighted by atomic mass is 16.2. The highest BCUT2D eigenvalue weighted by Crippen LogP contribution is 2.19. The first-order valence-corrected chi connectivity index (χ1v) is 6.00. The third-order valence-corrected chi connectivity index (χ3v) is 3.18. The molecule has 6 nitrogen and oxygen atoms in total. The quantitative estimate of drug-likeness (QED) is 0.598. The second-order valence-electron chi connectivity index (χ2n) is 4.28. The van der Waals surface area contributed by atoms with Crippen molar-refractivity contribution in [1.29, 1.82) is 0 Å². The molecule has 2 aliphatic rings. The number of hydrogen-bond acceptors (Lipinski definition) is 4. The molecule has 0 atom stereocenters. The second-order valence-corrected chi connectivity index (χ2v) is 4.28. The summed E-state index contributed by atoms with van der Waals surface area (Å²) in [7, 11) is 1.41. The molecule has 0 saturated carbocycles. The van der Waals surface area contributed by atoms with E-state index >= 15 is 0 Å². The topological polar surface area (TPSA) is 69.8 Å². The molecule has 0 aliphatic carbocycles. The van der Waals surface area contributed by atoms with E-state index in [1.54, 1.807) is 0 Å². The van der Waals surface area contributed by atoms with Gasteiger partial charge in [-0.1, -0.05) is 12.1 Å². The van der Waals surface area contributed by atoms with Gasteiger partial charge in [0.05, 0.1) is 11.0 Å². The van der Waals surface area contributed by atoms with Crippen molar-refractivity contribution in [2.45, 2.75) is 13.5 Å². The van der Waals surface area contributed by atoms with E-state index < -0.39 is 11.2 Å². The van der Waals surface area contributed by atoms with Crippen LogP contribution in [0.1, 0.15) is 6.92 Å². The Morgan fingerprint density at radius 1 is 1.16 bits per heavy atom. The van der Waals surface area contributed by atoms with E-state index in [2.05, 4.69) is 9.97 Å². The SMILES string of the molecule is CCn1c2nc(=O)n(C)c(=O)c-2nc2ccccc21. The average Bonchev–Trinajstić information content (AvgIpc) is 2.43. The minimum absolute atomic E-state index is 0.225. The molecule has 1 aromatic carbocycles. The first kappa shape index (κ1) is 11.6. The zero-order valence-corrected chi connectivity index (χ0v) is 10.6. The molecule has 0 saturated heterocycles. The maximum Gasteiger partial charge on any atom is 0.352 e. The number of para-hydroxylation sites is 2. The molecule has 2 heterocycles. The smallest absolute Gasteiger partial charge is 0.323 e. The lowest BCUT2D eigenvalue weighted by Crippen LogP contribution is -2.36. The summed E-state index contributed by atoms with van der Waals surface area (Å²) < 4.78 is 2.81. The Kier molecular flexibility index (Phi) is 2.45. The van der Waals surface area contributed by atoms with E-state index in [1.165, 1.54) is 7.05 Å². The zero-order valence-electron chi connectivity index (χ0n) is 10.6. The summed E-state index contributed by atoms with van der Waals surface area (Å²) in [6.45, 7) is 2.55. The van der Waals surface area contributed by atoms with Crippen molar-refractivity contribution in [2.75, 3.05) is 0 Å². The molecule has 96 valence electrons. The molecule has 0 bridgehead atoms. The van der Waals surface area contributed by atoms with Crippen LogP contribution in [0.15, 0.2) is 33.9 Å². The normalized spacial score (nSPS) is 11.3. The number of aryl methyl sites for hydroxylation is 1. The number of hydrogen-bond donors (Lipinski definition) is 0. The maximum atomic E-state index is 12.1. The van der Waals surface area contributed by atoms with Gasteiger partial charge in [0, 0.05) is 13.6 Å². The molecular weight excluding hydrogens is 244 g/mol. The monoisotopic (exact) mass is 256 g/mol. The van der Waals surface area contributed by atoms with Gasteiger partial charge in [-0.15, -0.1) is 0 Å². The van der Waals surface area contributed by atoms with Crippen LogP contribution >= 0.6 is 0 Å². The lowest BCUT2D eigenvalue weighted by molar-refractivity contribution is 0.717. The molecule has 2 aliphatic heterocycles. The lowest BCUT2D eigenvalue weighted by atomic mass is 10.2. The van der Waals surface area contributed by atoms with Gasteiger partial charge in [0.25, 0.3) is 5.56 Å². The number of benzene rings is 1. The fourth-order valence-corrected chi connectivity index (χ4v) is 2.19. The Hall–Kier alpha value is -2.50. The van der Waals surface area contributed by atoms with Gasteiger partial charge in [0.15, 0.2) is 11.5 Å². The fourth-order valence-electron chi connectivity index (χ4n) is 2.19. The summed E-state index contributed by atoms with van der Waals surface area (Å²) in [5.74, 6) is 0.342. The second kappa shape index (κ2) is 4.01. The van der Waals surface area contributed by atoms with Crippen LogP contribution in [-0.2, 0) is 13.6 Å². The van der Waals surface area contributed by atoms with Gasteiger partial charge in [-0.3, -0.25) is 9.36 Å². The minimum atomic E-state index is -0.559. The summed E-state index contributed by atoms with van der Waals surface area (Å²) in [5.41, 5.74) is 0.828. The molecule has 0 amide bonds. The van der Waals surface area contributed by atoms with Crippen LogP contribution in [0.25, 0.3) is 22.6 Å². The molecule has 0 spiro atoms. The number of aromatic nitrogens is 4. The Balaban J connectivity index is 2.63. The van der Waals surface area contributed by atoms with Gasteiger partial charge < -0.3 is 4.57 Å². The van der Waals surface area contributed by atoms with E-state index in [-0.39, 0.29) is 5.69 Å². The van der Waals surface area contributed by atoms with Crippen molar-refractivity contribution >= 4 is 11.0 Å². The number of fused-ring (bicyclic) bond motifs is 2. The molecule has 0 aromatic heterocycles. The molecule has 3 rings (SSSR count). The summed E-state index contributed by atoms with van der Waals surface area (Å²) in [6.07, 6.45) is 0. The number of nitrogens with zero attached hydrogens (tertiary/aromatic N) is 4. The van der Waals surface area contributed by atoms with Crippen LogP contribution in [0.4, 0.5) is 0 Å². The van der Waals surface area contributed by atoms with Crippen LogP contribution in [-0.4, -0.2) is 19.1 Å². The van der Waals surface area contributed by atoms with E-state index in [0.717, 1.165) is 15.6 Å². The van der Waals surface area contributed by atoms with Crippen molar-refractivity contribution in [3.8, 4) is 11.5 Å². The van der Waals surface area contributed by atoms with Crippen LogP contribution in [0.3, 0.4) is 0 Å². The Morgan fingerprint density at radius 2 is 1.89 bits per heavy atom. The average molecular weight is 256 g/mol. The first-order chi connectivity index (χ1) is 9.13. The van der Waals surface area contributed by atoms with E-state index in [0.29, 0.717) is 12.4 Å². The van der Waals surface area contributed by atoms with E-state index in [1.807, 2.05) is 35.8 Å². The Morgan fingerprint density at radius 3 is 2.63 bits per heavy atom.